The topological polar surface area (TPSA) is 77.3 Å². The summed E-state index contributed by atoms with van der Waals surface area (Å²) >= 11 is 0. The van der Waals surface area contributed by atoms with Gasteiger partial charge in [-0.2, -0.15) is 0 Å². The number of rotatable bonds is 6. The predicted molar refractivity (Wildman–Crippen MR) is 79.3 cm³/mol. The van der Waals surface area contributed by atoms with Crippen molar-refractivity contribution in [3.8, 4) is 0 Å². The third kappa shape index (κ3) is 4.39. The fraction of sp³-hybridized carbons (Fsp3) is 0.200. The van der Waals surface area contributed by atoms with Gasteiger partial charge in [-0.15, -0.1) is 0 Å². The molecule has 0 saturated carbocycles. The quantitative estimate of drug-likeness (QED) is 0.607. The van der Waals surface area contributed by atoms with Crippen LogP contribution in [-0.4, -0.2) is 19.9 Å². The monoisotopic (exact) mass is 305 g/mol. The summed E-state index contributed by atoms with van der Waals surface area (Å²) in [4.78, 5) is 10.2. The third-order valence-electron chi connectivity index (χ3n) is 3.07. The zero-order valence-corrected chi connectivity index (χ0v) is 12.1. The van der Waals surface area contributed by atoms with E-state index in [1.165, 1.54) is 12.1 Å². The molecule has 0 spiro atoms. The molecule has 21 heavy (non-hydrogen) atoms. The highest BCUT2D eigenvalue weighted by molar-refractivity contribution is 7.90. The Labute approximate surface area is 123 Å². The average molecular weight is 305 g/mol. The summed E-state index contributed by atoms with van der Waals surface area (Å²) in [6.07, 6.45) is 0.298. The lowest BCUT2D eigenvalue weighted by Gasteiger charge is -2.05. The average Bonchev–Trinajstić information content (AvgIpc) is 2.46. The van der Waals surface area contributed by atoms with Crippen molar-refractivity contribution < 1.29 is 13.3 Å². The van der Waals surface area contributed by atoms with E-state index in [9.17, 15) is 18.5 Å². The van der Waals surface area contributed by atoms with Crippen LogP contribution in [-0.2, 0) is 22.0 Å². The number of benzene rings is 2. The van der Waals surface area contributed by atoms with Gasteiger partial charge in [-0.3, -0.25) is 10.1 Å². The van der Waals surface area contributed by atoms with Gasteiger partial charge in [0, 0.05) is 11.3 Å². The first-order valence-corrected chi connectivity index (χ1v) is 8.10. The van der Waals surface area contributed by atoms with Gasteiger partial charge in [-0.25, -0.2) is 8.42 Å². The Kier molecular flexibility index (Phi) is 4.70. The molecule has 2 rings (SSSR count). The summed E-state index contributed by atoms with van der Waals surface area (Å²) in [5.41, 5.74) is 1.49. The van der Waals surface area contributed by atoms with Crippen molar-refractivity contribution in [3.63, 3.8) is 0 Å². The summed E-state index contributed by atoms with van der Waals surface area (Å²) in [7, 11) is -3.40. The summed E-state index contributed by atoms with van der Waals surface area (Å²) in [5, 5.41) is 10.3. The van der Waals surface area contributed by atoms with E-state index in [-0.39, 0.29) is 22.1 Å². The normalized spacial score (nSPS) is 11.2. The van der Waals surface area contributed by atoms with Gasteiger partial charge in [0.15, 0.2) is 9.84 Å². The highest BCUT2D eigenvalue weighted by atomic mass is 32.2. The molecule has 0 aliphatic heterocycles. The Bertz CT molecular complexity index is 709. The molecule has 110 valence electrons. The van der Waals surface area contributed by atoms with Crippen molar-refractivity contribution in [3.05, 3.63) is 75.8 Å². The number of sulfone groups is 1. The second-order valence-electron chi connectivity index (χ2n) is 4.69. The van der Waals surface area contributed by atoms with Crippen molar-refractivity contribution in [2.24, 2.45) is 0 Å². The minimum atomic E-state index is -3.40. The van der Waals surface area contributed by atoms with Crippen LogP contribution in [0.15, 0.2) is 59.5 Å². The highest BCUT2D eigenvalue weighted by Gasteiger charge is 2.15. The van der Waals surface area contributed by atoms with Crippen LogP contribution in [0.5, 0.6) is 0 Å². The van der Waals surface area contributed by atoms with Gasteiger partial charge in [0.1, 0.15) is 0 Å². The maximum atomic E-state index is 12.3. The molecule has 2 aromatic carbocycles. The molecule has 0 N–H and O–H groups in total. The van der Waals surface area contributed by atoms with E-state index in [4.69, 9.17) is 0 Å². The Balaban J connectivity index is 2.12. The minimum Gasteiger partial charge on any atom is -0.265 e. The largest absolute Gasteiger partial charge is 0.265 e. The Morgan fingerprint density at radius 3 is 2.10 bits per heavy atom. The molecule has 0 aromatic heterocycles. The van der Waals surface area contributed by atoms with Crippen LogP contribution >= 0.6 is 0 Å². The molecule has 5 nitrogen and oxygen atoms in total. The standard InChI is InChI=1S/C15H15NO4S/c17-16(18)11-10-13-6-8-15(9-7-13)21(19,20)12-14-4-2-1-3-5-14/h1-9H,10-12H2. The van der Waals surface area contributed by atoms with E-state index in [0.717, 1.165) is 11.1 Å². The third-order valence-corrected chi connectivity index (χ3v) is 4.77. The summed E-state index contributed by atoms with van der Waals surface area (Å²) < 4.78 is 24.5. The molecule has 0 unspecified atom stereocenters. The van der Waals surface area contributed by atoms with Gasteiger partial charge >= 0.3 is 0 Å². The van der Waals surface area contributed by atoms with Crippen LogP contribution in [0.4, 0.5) is 0 Å². The predicted octanol–water partition coefficient (Wildman–Crippen LogP) is 2.48. The van der Waals surface area contributed by atoms with Gasteiger partial charge in [-0.05, 0) is 23.3 Å². The lowest BCUT2D eigenvalue weighted by atomic mass is 10.2. The lowest BCUT2D eigenvalue weighted by Crippen LogP contribution is -2.06. The van der Waals surface area contributed by atoms with E-state index in [0.29, 0.717) is 6.42 Å². The smallest absolute Gasteiger partial charge is 0.207 e. The molecule has 0 fully saturated rings. The van der Waals surface area contributed by atoms with Crippen LogP contribution < -0.4 is 0 Å². The molecule has 0 aliphatic carbocycles. The molecule has 0 heterocycles. The number of hydrogen-bond acceptors (Lipinski definition) is 4. The van der Waals surface area contributed by atoms with Gasteiger partial charge < -0.3 is 0 Å². The Morgan fingerprint density at radius 1 is 0.905 bits per heavy atom. The zero-order valence-electron chi connectivity index (χ0n) is 11.3. The summed E-state index contributed by atoms with van der Waals surface area (Å²) in [6.45, 7) is -0.157. The van der Waals surface area contributed by atoms with Crippen LogP contribution in [0.2, 0.25) is 0 Å². The summed E-state index contributed by atoms with van der Waals surface area (Å²) in [6, 6.07) is 15.2. The molecular weight excluding hydrogens is 290 g/mol. The van der Waals surface area contributed by atoms with E-state index in [1.54, 1.807) is 36.4 Å². The van der Waals surface area contributed by atoms with Crippen molar-refractivity contribution in [1.29, 1.82) is 0 Å². The van der Waals surface area contributed by atoms with Crippen LogP contribution in [0, 0.1) is 10.1 Å². The zero-order chi connectivity index (χ0) is 15.3. The minimum absolute atomic E-state index is 0.0535. The molecule has 0 amide bonds. The number of hydrogen-bond donors (Lipinski definition) is 0. The van der Waals surface area contributed by atoms with Gasteiger partial charge in [0.2, 0.25) is 6.54 Å². The van der Waals surface area contributed by atoms with E-state index >= 15 is 0 Å². The van der Waals surface area contributed by atoms with Crippen LogP contribution in [0.1, 0.15) is 11.1 Å². The first kappa shape index (κ1) is 15.2. The highest BCUT2D eigenvalue weighted by Crippen LogP contribution is 2.17. The van der Waals surface area contributed by atoms with E-state index in [2.05, 4.69) is 0 Å². The van der Waals surface area contributed by atoms with Crippen LogP contribution in [0.3, 0.4) is 0 Å². The van der Waals surface area contributed by atoms with Gasteiger partial charge in [0.25, 0.3) is 0 Å². The first-order chi connectivity index (χ1) is 9.97. The van der Waals surface area contributed by atoms with Crippen molar-refractivity contribution in [2.75, 3.05) is 6.54 Å². The molecule has 0 atom stereocenters. The molecule has 6 heteroatoms. The fourth-order valence-electron chi connectivity index (χ4n) is 1.96. The lowest BCUT2D eigenvalue weighted by molar-refractivity contribution is -0.479. The molecular formula is C15H15NO4S. The summed E-state index contributed by atoms with van der Waals surface area (Å²) in [5.74, 6) is -0.0535. The second kappa shape index (κ2) is 6.49. The number of nitro groups is 1. The number of nitrogens with zero attached hydrogens (tertiary/aromatic N) is 1. The van der Waals surface area contributed by atoms with Gasteiger partial charge in [-0.1, -0.05) is 42.5 Å². The van der Waals surface area contributed by atoms with Crippen molar-refractivity contribution in [1.82, 2.24) is 0 Å². The van der Waals surface area contributed by atoms with Crippen molar-refractivity contribution in [2.45, 2.75) is 17.1 Å². The Hall–Kier alpha value is -2.21. The van der Waals surface area contributed by atoms with Gasteiger partial charge in [0.05, 0.1) is 10.6 Å². The first-order valence-electron chi connectivity index (χ1n) is 6.45. The van der Waals surface area contributed by atoms with E-state index in [1.807, 2.05) is 6.07 Å². The van der Waals surface area contributed by atoms with Crippen molar-refractivity contribution >= 4 is 9.84 Å². The maximum Gasteiger partial charge on any atom is 0.207 e. The molecule has 0 aliphatic rings. The molecule has 0 bridgehead atoms. The fourth-order valence-corrected chi connectivity index (χ4v) is 3.31. The SMILES string of the molecule is O=[N+]([O-])CCc1ccc(S(=O)(=O)Cc2ccccc2)cc1. The van der Waals surface area contributed by atoms with E-state index < -0.39 is 9.84 Å². The molecule has 0 radical (unpaired) electrons. The second-order valence-corrected chi connectivity index (χ2v) is 6.68. The Morgan fingerprint density at radius 2 is 1.52 bits per heavy atom. The molecule has 0 saturated heterocycles. The molecule has 2 aromatic rings. The maximum absolute atomic E-state index is 12.3. The van der Waals surface area contributed by atoms with Crippen LogP contribution in [0.25, 0.3) is 0 Å².